The number of hydrogen-bond donors (Lipinski definition) is 2. The lowest BCUT2D eigenvalue weighted by atomic mass is 9.93. The fourth-order valence-electron chi connectivity index (χ4n) is 2.40. The van der Waals surface area contributed by atoms with Crippen molar-refractivity contribution < 1.29 is 0 Å². The molecule has 1 unspecified atom stereocenters. The number of nitrogens with one attached hydrogen (secondary N) is 1. The third-order valence-corrected chi connectivity index (χ3v) is 3.12. The highest BCUT2D eigenvalue weighted by Gasteiger charge is 2.17. The lowest BCUT2D eigenvalue weighted by Crippen LogP contribution is -2.44. The zero-order valence-electron chi connectivity index (χ0n) is 9.76. The van der Waals surface area contributed by atoms with E-state index in [0.29, 0.717) is 6.04 Å². The molecule has 0 aliphatic heterocycles. The summed E-state index contributed by atoms with van der Waals surface area (Å²) in [6.07, 6.45) is 8.15. The van der Waals surface area contributed by atoms with Gasteiger partial charge in [0.2, 0.25) is 0 Å². The van der Waals surface area contributed by atoms with Gasteiger partial charge in [-0.2, -0.15) is 0 Å². The summed E-state index contributed by atoms with van der Waals surface area (Å²) >= 11 is 0. The molecule has 1 rings (SSSR count). The minimum Gasteiger partial charge on any atom is -0.329 e. The highest BCUT2D eigenvalue weighted by molar-refractivity contribution is 4.78. The largest absolute Gasteiger partial charge is 0.329 e. The lowest BCUT2D eigenvalue weighted by Gasteiger charge is -2.28. The van der Waals surface area contributed by atoms with Crippen LogP contribution in [0.1, 0.15) is 52.4 Å². The summed E-state index contributed by atoms with van der Waals surface area (Å²) in [7, 11) is 0. The first-order valence-corrected chi connectivity index (χ1v) is 6.18. The van der Waals surface area contributed by atoms with Gasteiger partial charge in [-0.25, -0.2) is 0 Å². The molecule has 0 spiro atoms. The van der Waals surface area contributed by atoms with Crippen LogP contribution in [0.2, 0.25) is 0 Å². The second-order valence-electron chi connectivity index (χ2n) is 5.06. The monoisotopic (exact) mass is 198 g/mol. The van der Waals surface area contributed by atoms with Crippen LogP contribution in [0.3, 0.4) is 0 Å². The van der Waals surface area contributed by atoms with Gasteiger partial charge in [0, 0.05) is 18.6 Å². The zero-order chi connectivity index (χ0) is 10.4. The molecule has 0 amide bonds. The molecule has 1 aliphatic carbocycles. The third-order valence-electron chi connectivity index (χ3n) is 3.12. The van der Waals surface area contributed by atoms with E-state index in [-0.39, 0.29) is 0 Å². The molecule has 0 aromatic rings. The van der Waals surface area contributed by atoms with Gasteiger partial charge in [-0.05, 0) is 25.2 Å². The maximum atomic E-state index is 5.78. The van der Waals surface area contributed by atoms with E-state index >= 15 is 0 Å². The van der Waals surface area contributed by atoms with Crippen molar-refractivity contribution in [3.63, 3.8) is 0 Å². The van der Waals surface area contributed by atoms with Crippen molar-refractivity contribution in [1.29, 1.82) is 0 Å². The van der Waals surface area contributed by atoms with Crippen LogP contribution in [0.15, 0.2) is 0 Å². The average Bonchev–Trinajstić information content (AvgIpc) is 2.17. The summed E-state index contributed by atoms with van der Waals surface area (Å²) in [6, 6.07) is 1.29. The Bertz CT molecular complexity index is 139. The van der Waals surface area contributed by atoms with Crippen LogP contribution in [0.4, 0.5) is 0 Å². The van der Waals surface area contributed by atoms with Crippen molar-refractivity contribution in [3.8, 4) is 0 Å². The molecule has 1 atom stereocenters. The minimum absolute atomic E-state index is 0.540. The standard InChI is InChI=1S/C12H26N2/c1-10(2)8-12(9-13)14-11-6-4-3-5-7-11/h10-12,14H,3-9,13H2,1-2H3. The normalized spacial score (nSPS) is 21.4. The van der Waals surface area contributed by atoms with E-state index in [1.54, 1.807) is 0 Å². The summed E-state index contributed by atoms with van der Waals surface area (Å²) in [5.74, 6) is 0.750. The second kappa shape index (κ2) is 6.41. The van der Waals surface area contributed by atoms with Crippen LogP contribution in [-0.4, -0.2) is 18.6 Å². The van der Waals surface area contributed by atoms with E-state index < -0.39 is 0 Å². The van der Waals surface area contributed by atoms with Crippen molar-refractivity contribution >= 4 is 0 Å². The van der Waals surface area contributed by atoms with Gasteiger partial charge in [-0.15, -0.1) is 0 Å². The van der Waals surface area contributed by atoms with Crippen LogP contribution >= 0.6 is 0 Å². The predicted octanol–water partition coefficient (Wildman–Crippen LogP) is 2.28. The van der Waals surface area contributed by atoms with Crippen LogP contribution < -0.4 is 11.1 Å². The molecular formula is C12H26N2. The molecular weight excluding hydrogens is 172 g/mol. The smallest absolute Gasteiger partial charge is 0.0195 e. The fourth-order valence-corrected chi connectivity index (χ4v) is 2.40. The van der Waals surface area contributed by atoms with Gasteiger partial charge in [0.05, 0.1) is 0 Å². The number of rotatable bonds is 5. The maximum absolute atomic E-state index is 5.78. The molecule has 3 N–H and O–H groups in total. The predicted molar refractivity (Wildman–Crippen MR) is 62.3 cm³/mol. The zero-order valence-corrected chi connectivity index (χ0v) is 9.76. The third kappa shape index (κ3) is 4.43. The molecule has 2 heteroatoms. The summed E-state index contributed by atoms with van der Waals surface area (Å²) in [5.41, 5.74) is 5.78. The molecule has 0 saturated heterocycles. The van der Waals surface area contributed by atoms with E-state index in [1.165, 1.54) is 38.5 Å². The Hall–Kier alpha value is -0.0800. The van der Waals surface area contributed by atoms with E-state index in [9.17, 15) is 0 Å². The van der Waals surface area contributed by atoms with Crippen LogP contribution in [0.25, 0.3) is 0 Å². The Balaban J connectivity index is 2.23. The van der Waals surface area contributed by atoms with Crippen LogP contribution in [-0.2, 0) is 0 Å². The summed E-state index contributed by atoms with van der Waals surface area (Å²) in [4.78, 5) is 0. The molecule has 0 aromatic carbocycles. The molecule has 1 fully saturated rings. The minimum atomic E-state index is 0.540. The SMILES string of the molecule is CC(C)CC(CN)NC1CCCCC1. The Kier molecular flexibility index (Phi) is 5.49. The summed E-state index contributed by atoms with van der Waals surface area (Å²) in [6.45, 7) is 5.32. The molecule has 1 aliphatic rings. The van der Waals surface area contributed by atoms with Gasteiger partial charge in [-0.3, -0.25) is 0 Å². The molecule has 0 aromatic heterocycles. The van der Waals surface area contributed by atoms with E-state index in [2.05, 4.69) is 19.2 Å². The molecule has 0 heterocycles. The second-order valence-corrected chi connectivity index (χ2v) is 5.06. The van der Waals surface area contributed by atoms with Gasteiger partial charge in [-0.1, -0.05) is 33.1 Å². The Morgan fingerprint density at radius 3 is 2.36 bits per heavy atom. The first kappa shape index (κ1) is 12.0. The Morgan fingerprint density at radius 2 is 1.86 bits per heavy atom. The van der Waals surface area contributed by atoms with Gasteiger partial charge < -0.3 is 11.1 Å². The van der Waals surface area contributed by atoms with Crippen LogP contribution in [0, 0.1) is 5.92 Å². The van der Waals surface area contributed by atoms with Crippen molar-refractivity contribution in [1.82, 2.24) is 5.32 Å². The molecule has 84 valence electrons. The van der Waals surface area contributed by atoms with Crippen LogP contribution in [0.5, 0.6) is 0 Å². The quantitative estimate of drug-likeness (QED) is 0.711. The van der Waals surface area contributed by atoms with Crippen molar-refractivity contribution in [2.75, 3.05) is 6.54 Å². The van der Waals surface area contributed by atoms with Crippen molar-refractivity contribution in [2.45, 2.75) is 64.5 Å². The van der Waals surface area contributed by atoms with E-state index in [4.69, 9.17) is 5.73 Å². The van der Waals surface area contributed by atoms with Gasteiger partial charge in [0.15, 0.2) is 0 Å². The lowest BCUT2D eigenvalue weighted by molar-refractivity contribution is 0.314. The topological polar surface area (TPSA) is 38.0 Å². The van der Waals surface area contributed by atoms with Gasteiger partial charge >= 0.3 is 0 Å². The van der Waals surface area contributed by atoms with Gasteiger partial charge in [0.1, 0.15) is 0 Å². The first-order valence-electron chi connectivity index (χ1n) is 6.18. The first-order chi connectivity index (χ1) is 6.72. The molecule has 1 saturated carbocycles. The van der Waals surface area contributed by atoms with Crippen molar-refractivity contribution in [3.05, 3.63) is 0 Å². The van der Waals surface area contributed by atoms with Gasteiger partial charge in [0.25, 0.3) is 0 Å². The molecule has 14 heavy (non-hydrogen) atoms. The highest BCUT2D eigenvalue weighted by Crippen LogP contribution is 2.18. The summed E-state index contributed by atoms with van der Waals surface area (Å²) < 4.78 is 0. The average molecular weight is 198 g/mol. The fraction of sp³-hybridized carbons (Fsp3) is 1.00. The maximum Gasteiger partial charge on any atom is 0.0195 e. The summed E-state index contributed by atoms with van der Waals surface area (Å²) in [5, 5.41) is 3.71. The van der Waals surface area contributed by atoms with E-state index in [0.717, 1.165) is 18.5 Å². The Morgan fingerprint density at radius 1 is 1.21 bits per heavy atom. The van der Waals surface area contributed by atoms with Crippen molar-refractivity contribution in [2.24, 2.45) is 11.7 Å². The number of nitrogens with two attached hydrogens (primary N) is 1. The highest BCUT2D eigenvalue weighted by atomic mass is 15.0. The Labute approximate surface area is 88.6 Å². The van der Waals surface area contributed by atoms with E-state index in [1.807, 2.05) is 0 Å². The molecule has 0 bridgehead atoms. The number of hydrogen-bond acceptors (Lipinski definition) is 2. The molecule has 0 radical (unpaired) electrons. The molecule has 2 nitrogen and oxygen atoms in total.